The van der Waals surface area contributed by atoms with Gasteiger partial charge >= 0.3 is 5.97 Å². The van der Waals surface area contributed by atoms with Crippen LogP contribution in [0.2, 0.25) is 0 Å². The number of carboxylic acid groups (broad SMARTS) is 1. The maximum atomic E-state index is 14.3. The minimum absolute atomic E-state index is 0.00451. The number of carbonyl (C=O) groups excluding carboxylic acids is 5. The van der Waals surface area contributed by atoms with E-state index in [2.05, 4.69) is 25.9 Å². The van der Waals surface area contributed by atoms with Crippen molar-refractivity contribution in [2.45, 2.75) is 75.2 Å². The second-order valence-corrected chi connectivity index (χ2v) is 13.3. The molecule has 7 rings (SSSR count). The summed E-state index contributed by atoms with van der Waals surface area (Å²) in [6.45, 7) is 0.505. The smallest absolute Gasteiger partial charge is 0.305 e. The molecule has 14 nitrogen and oxygen atoms in total. The molecule has 0 aliphatic carbocycles. The number of carboxylic acids is 1. The normalized spacial score (nSPS) is 25.1. The van der Waals surface area contributed by atoms with E-state index in [1.165, 1.54) is 9.80 Å². The Bertz CT molecular complexity index is 1980. The number of rotatable bonds is 6. The molecule has 50 heavy (non-hydrogen) atoms. The van der Waals surface area contributed by atoms with Crippen LogP contribution in [0.3, 0.4) is 0 Å². The molecule has 3 fully saturated rings. The third kappa shape index (κ3) is 6.40. The number of hydrogen-bond acceptors (Lipinski definition) is 6. The van der Waals surface area contributed by atoms with E-state index in [1.54, 1.807) is 12.4 Å². The Balaban J connectivity index is 1.28. The number of aliphatic carboxylic acids is 1. The molecule has 260 valence electrons. The van der Waals surface area contributed by atoms with Crippen LogP contribution in [0.4, 0.5) is 0 Å². The lowest BCUT2D eigenvalue weighted by atomic mass is 10.0. The van der Waals surface area contributed by atoms with E-state index < -0.39 is 72.1 Å². The first kappa shape index (κ1) is 32.9. The summed E-state index contributed by atoms with van der Waals surface area (Å²) >= 11 is 0. The van der Waals surface area contributed by atoms with Crippen LogP contribution >= 0.6 is 0 Å². The highest BCUT2D eigenvalue weighted by Gasteiger charge is 2.45. The molecule has 2 aromatic carbocycles. The number of carbonyl (C=O) groups is 6. The third-order valence-electron chi connectivity index (χ3n) is 10.1. The largest absolute Gasteiger partial charge is 0.481 e. The second-order valence-electron chi connectivity index (χ2n) is 13.3. The zero-order chi connectivity index (χ0) is 34.9. The highest BCUT2D eigenvalue weighted by Crippen LogP contribution is 2.27. The van der Waals surface area contributed by atoms with E-state index in [0.29, 0.717) is 37.8 Å². The van der Waals surface area contributed by atoms with Crippen LogP contribution in [0, 0.1) is 0 Å². The van der Waals surface area contributed by atoms with Crippen molar-refractivity contribution in [3.63, 3.8) is 0 Å². The molecule has 2 aromatic heterocycles. The summed E-state index contributed by atoms with van der Waals surface area (Å²) < 4.78 is 0. The van der Waals surface area contributed by atoms with Crippen LogP contribution in [-0.2, 0) is 41.6 Å². The number of H-pyrrole nitrogens is 2. The average Bonchev–Trinajstić information content (AvgIpc) is 3.93. The molecule has 3 aliphatic heterocycles. The van der Waals surface area contributed by atoms with Gasteiger partial charge in [0.1, 0.15) is 30.2 Å². The zero-order valence-electron chi connectivity index (χ0n) is 27.3. The molecule has 5 amide bonds. The van der Waals surface area contributed by atoms with E-state index in [0.717, 1.165) is 27.4 Å². The predicted molar refractivity (Wildman–Crippen MR) is 182 cm³/mol. The summed E-state index contributed by atoms with van der Waals surface area (Å²) in [6.07, 6.45) is 4.68. The Hall–Kier alpha value is -5.66. The number of aromatic nitrogens is 2. The van der Waals surface area contributed by atoms with Gasteiger partial charge in [-0.25, -0.2) is 0 Å². The monoisotopic (exact) mass is 681 g/mol. The van der Waals surface area contributed by atoms with Crippen LogP contribution in [0.25, 0.3) is 21.8 Å². The van der Waals surface area contributed by atoms with Gasteiger partial charge in [-0.15, -0.1) is 0 Å². The molecular weight excluding hydrogens is 642 g/mol. The Morgan fingerprint density at radius 3 is 1.68 bits per heavy atom. The summed E-state index contributed by atoms with van der Waals surface area (Å²) in [7, 11) is 0. The zero-order valence-corrected chi connectivity index (χ0v) is 27.3. The summed E-state index contributed by atoms with van der Waals surface area (Å²) in [5.41, 5.74) is 3.15. The quantitative estimate of drug-likeness (QED) is 0.177. The maximum absolute atomic E-state index is 14.3. The molecule has 14 heteroatoms. The van der Waals surface area contributed by atoms with Crippen molar-refractivity contribution in [1.82, 2.24) is 35.7 Å². The molecule has 6 N–H and O–H groups in total. The van der Waals surface area contributed by atoms with Gasteiger partial charge in [-0.2, -0.15) is 0 Å². The van der Waals surface area contributed by atoms with Crippen molar-refractivity contribution in [3.8, 4) is 0 Å². The van der Waals surface area contributed by atoms with Crippen molar-refractivity contribution in [1.29, 1.82) is 0 Å². The summed E-state index contributed by atoms with van der Waals surface area (Å²) in [5, 5.41) is 19.8. The molecule has 4 aromatic rings. The van der Waals surface area contributed by atoms with Crippen molar-refractivity contribution in [3.05, 3.63) is 72.1 Å². The molecule has 5 heterocycles. The lowest BCUT2D eigenvalue weighted by Gasteiger charge is -2.32. The van der Waals surface area contributed by atoms with Gasteiger partial charge in [0, 0.05) is 60.1 Å². The van der Waals surface area contributed by atoms with Gasteiger partial charge in [0.05, 0.1) is 6.42 Å². The summed E-state index contributed by atoms with van der Waals surface area (Å²) in [6, 6.07) is 9.39. The van der Waals surface area contributed by atoms with Crippen LogP contribution in [0.1, 0.15) is 43.2 Å². The van der Waals surface area contributed by atoms with Crippen LogP contribution in [0.15, 0.2) is 60.9 Å². The summed E-state index contributed by atoms with van der Waals surface area (Å²) in [4.78, 5) is 91.4. The number of benzene rings is 2. The topological polar surface area (TPSA) is 197 Å². The number of nitrogens with zero attached hydrogens (tertiary/aromatic N) is 2. The fraction of sp³-hybridized carbons (Fsp3) is 0.389. The Labute approximate surface area is 286 Å². The minimum atomic E-state index is -1.49. The molecule has 0 bridgehead atoms. The molecule has 0 spiro atoms. The Morgan fingerprint density at radius 2 is 1.12 bits per heavy atom. The first-order valence-corrected chi connectivity index (χ1v) is 17.0. The minimum Gasteiger partial charge on any atom is -0.481 e. The number of para-hydroxylation sites is 2. The predicted octanol–water partition coefficient (Wildman–Crippen LogP) is 1.36. The molecule has 5 atom stereocenters. The average molecular weight is 682 g/mol. The number of aromatic amines is 2. The number of fused-ring (bicyclic) bond motifs is 4. The molecule has 5 unspecified atom stereocenters. The van der Waals surface area contributed by atoms with E-state index >= 15 is 0 Å². The van der Waals surface area contributed by atoms with Gasteiger partial charge in [-0.05, 0) is 48.9 Å². The standard InChI is InChI=1S/C36H39N7O7/c44-31(45)17-28-35(49)43-14-6-12-30(43)36(50)42-13-5-11-29(42)34(48)40-27(16-21-19-38-25-10-4-2-8-23(21)25)32(46)39-26(33(47)41-28)15-20-18-37-24-9-3-1-7-22(20)24/h1-4,7-10,18-19,26-30,37-38H,5-6,11-17H2,(H,39,46)(H,40,48)(H,41,47)(H,44,45). The highest BCUT2D eigenvalue weighted by molar-refractivity contribution is 6.00. The fourth-order valence-corrected chi connectivity index (χ4v) is 7.63. The highest BCUT2D eigenvalue weighted by atomic mass is 16.4. The van der Waals surface area contributed by atoms with Gasteiger partial charge in [-0.1, -0.05) is 36.4 Å². The van der Waals surface area contributed by atoms with Gasteiger partial charge in [0.25, 0.3) is 0 Å². The van der Waals surface area contributed by atoms with Crippen LogP contribution in [-0.4, -0.2) is 104 Å². The Kier molecular flexibility index (Phi) is 9.00. The summed E-state index contributed by atoms with van der Waals surface area (Å²) in [5.74, 6) is -4.31. The van der Waals surface area contributed by atoms with Crippen molar-refractivity contribution < 1.29 is 33.9 Å². The number of nitrogens with one attached hydrogen (secondary N) is 5. The van der Waals surface area contributed by atoms with E-state index in [-0.39, 0.29) is 19.4 Å². The van der Waals surface area contributed by atoms with Crippen LogP contribution < -0.4 is 16.0 Å². The second kappa shape index (κ2) is 13.7. The van der Waals surface area contributed by atoms with Gasteiger partial charge in [-0.3, -0.25) is 28.8 Å². The van der Waals surface area contributed by atoms with Gasteiger partial charge < -0.3 is 40.8 Å². The van der Waals surface area contributed by atoms with E-state index in [9.17, 15) is 33.9 Å². The lowest BCUT2D eigenvalue weighted by Crippen LogP contribution is -2.58. The molecule has 0 radical (unpaired) electrons. The van der Waals surface area contributed by atoms with Crippen molar-refractivity contribution >= 4 is 57.3 Å². The third-order valence-corrected chi connectivity index (χ3v) is 10.1. The number of hydrogen-bond donors (Lipinski definition) is 6. The van der Waals surface area contributed by atoms with Crippen molar-refractivity contribution in [2.75, 3.05) is 13.1 Å². The van der Waals surface area contributed by atoms with Crippen LogP contribution in [0.5, 0.6) is 0 Å². The fourth-order valence-electron chi connectivity index (χ4n) is 7.63. The van der Waals surface area contributed by atoms with Crippen molar-refractivity contribution in [2.24, 2.45) is 0 Å². The molecule has 3 aliphatic rings. The Morgan fingerprint density at radius 1 is 0.640 bits per heavy atom. The molecule has 0 saturated carbocycles. The molecule has 3 saturated heterocycles. The maximum Gasteiger partial charge on any atom is 0.305 e. The first-order valence-electron chi connectivity index (χ1n) is 17.0. The SMILES string of the molecule is O=C(O)CC1NC(=O)C(Cc2c[nH]c3ccccc23)NC(=O)C(Cc2c[nH]c3ccccc23)NC(=O)C2CCCN2C(=O)C2CCCN2C1=O. The van der Waals surface area contributed by atoms with E-state index in [4.69, 9.17) is 0 Å². The lowest BCUT2D eigenvalue weighted by molar-refractivity contribution is -0.149. The first-order chi connectivity index (χ1) is 24.2. The number of amides is 5. The van der Waals surface area contributed by atoms with Gasteiger partial charge in [0.2, 0.25) is 29.5 Å². The van der Waals surface area contributed by atoms with E-state index in [1.807, 2.05) is 48.5 Å². The molecular formula is C36H39N7O7. The van der Waals surface area contributed by atoms with Gasteiger partial charge in [0.15, 0.2) is 0 Å².